The van der Waals surface area contributed by atoms with Gasteiger partial charge in [0.2, 0.25) is 5.91 Å². The number of hydrogen-bond acceptors (Lipinski definition) is 2. The van der Waals surface area contributed by atoms with E-state index in [1.165, 1.54) is 5.56 Å². The molecule has 28 heavy (non-hydrogen) atoms. The molecule has 0 aliphatic carbocycles. The molecule has 0 aromatic heterocycles. The molecule has 0 bridgehead atoms. The summed E-state index contributed by atoms with van der Waals surface area (Å²) >= 11 is 6.15. The van der Waals surface area contributed by atoms with E-state index in [1.807, 2.05) is 43.3 Å². The van der Waals surface area contributed by atoms with Gasteiger partial charge in [-0.05, 0) is 48.6 Å². The molecule has 2 aromatic rings. The van der Waals surface area contributed by atoms with E-state index in [0.717, 1.165) is 5.69 Å². The standard InChI is InChI=1S/C23H27ClN2O2/c1-16(2)17-8-10-18(11-9-17)25-22(28)23(3)12-14-26(15-13-23)21(27)19-6-4-5-7-20(19)24/h4-11,16H,12-15H2,1-3H3,(H,25,28). The van der Waals surface area contributed by atoms with Crippen molar-refractivity contribution in [2.45, 2.75) is 39.5 Å². The number of rotatable bonds is 4. The number of benzene rings is 2. The third kappa shape index (κ3) is 4.39. The number of piperidine rings is 1. The van der Waals surface area contributed by atoms with Crippen LogP contribution in [0.15, 0.2) is 48.5 Å². The lowest BCUT2D eigenvalue weighted by Gasteiger charge is -2.38. The molecular formula is C23H27ClN2O2. The van der Waals surface area contributed by atoms with Gasteiger partial charge in [-0.15, -0.1) is 0 Å². The number of anilines is 1. The summed E-state index contributed by atoms with van der Waals surface area (Å²) in [5.74, 6) is 0.397. The van der Waals surface area contributed by atoms with Crippen LogP contribution in [0.3, 0.4) is 0 Å². The number of likely N-dealkylation sites (tertiary alicyclic amines) is 1. The maximum absolute atomic E-state index is 12.9. The van der Waals surface area contributed by atoms with Crippen LogP contribution in [0.25, 0.3) is 0 Å². The van der Waals surface area contributed by atoms with E-state index in [1.54, 1.807) is 17.0 Å². The molecule has 4 nitrogen and oxygen atoms in total. The second-order valence-electron chi connectivity index (χ2n) is 8.06. The normalized spacial score (nSPS) is 16.1. The molecule has 1 aliphatic rings. The Morgan fingerprint density at radius 1 is 1.04 bits per heavy atom. The molecule has 148 valence electrons. The third-order valence-electron chi connectivity index (χ3n) is 5.64. The molecule has 0 saturated carbocycles. The second kappa shape index (κ2) is 8.36. The second-order valence-corrected chi connectivity index (χ2v) is 8.47. The van der Waals surface area contributed by atoms with Crippen molar-refractivity contribution >= 4 is 29.1 Å². The molecule has 3 rings (SSSR count). The van der Waals surface area contributed by atoms with Gasteiger partial charge < -0.3 is 10.2 Å². The van der Waals surface area contributed by atoms with Crippen LogP contribution >= 0.6 is 11.6 Å². The van der Waals surface area contributed by atoms with Gasteiger partial charge in [-0.25, -0.2) is 0 Å². The Morgan fingerprint density at radius 2 is 1.64 bits per heavy atom. The first kappa shape index (κ1) is 20.4. The smallest absolute Gasteiger partial charge is 0.255 e. The van der Waals surface area contributed by atoms with Crippen molar-refractivity contribution in [3.05, 3.63) is 64.7 Å². The van der Waals surface area contributed by atoms with Crippen LogP contribution < -0.4 is 5.32 Å². The molecule has 1 heterocycles. The summed E-state index contributed by atoms with van der Waals surface area (Å²) in [5.41, 5.74) is 2.08. The summed E-state index contributed by atoms with van der Waals surface area (Å²) in [4.78, 5) is 27.4. The highest BCUT2D eigenvalue weighted by Crippen LogP contribution is 2.33. The van der Waals surface area contributed by atoms with Crippen molar-refractivity contribution in [3.63, 3.8) is 0 Å². The van der Waals surface area contributed by atoms with Gasteiger partial charge in [0.25, 0.3) is 5.91 Å². The molecule has 1 aliphatic heterocycles. The Morgan fingerprint density at radius 3 is 2.21 bits per heavy atom. The van der Waals surface area contributed by atoms with E-state index in [-0.39, 0.29) is 11.8 Å². The topological polar surface area (TPSA) is 49.4 Å². The number of nitrogens with one attached hydrogen (secondary N) is 1. The van der Waals surface area contributed by atoms with Crippen molar-refractivity contribution in [1.82, 2.24) is 4.90 Å². The first-order valence-corrected chi connectivity index (χ1v) is 10.1. The lowest BCUT2D eigenvalue weighted by molar-refractivity contribution is -0.127. The monoisotopic (exact) mass is 398 g/mol. The first-order chi connectivity index (χ1) is 13.3. The van der Waals surface area contributed by atoms with Crippen LogP contribution in [0.2, 0.25) is 5.02 Å². The van der Waals surface area contributed by atoms with Gasteiger partial charge in [0, 0.05) is 18.8 Å². The Bertz CT molecular complexity index is 853. The van der Waals surface area contributed by atoms with Crippen LogP contribution in [-0.2, 0) is 4.79 Å². The van der Waals surface area contributed by atoms with Gasteiger partial charge in [0.15, 0.2) is 0 Å². The molecule has 0 atom stereocenters. The van der Waals surface area contributed by atoms with Crippen molar-refractivity contribution < 1.29 is 9.59 Å². The summed E-state index contributed by atoms with van der Waals surface area (Å²) < 4.78 is 0. The zero-order valence-electron chi connectivity index (χ0n) is 16.7. The Labute approximate surface area is 171 Å². The van der Waals surface area contributed by atoms with Crippen molar-refractivity contribution in [2.75, 3.05) is 18.4 Å². The Balaban J connectivity index is 1.61. The average Bonchev–Trinajstić information content (AvgIpc) is 2.69. The molecule has 0 radical (unpaired) electrons. The minimum atomic E-state index is -0.492. The predicted molar refractivity (Wildman–Crippen MR) is 114 cm³/mol. The van der Waals surface area contributed by atoms with Gasteiger partial charge in [-0.1, -0.05) is 56.6 Å². The third-order valence-corrected chi connectivity index (χ3v) is 5.97. The van der Waals surface area contributed by atoms with E-state index in [4.69, 9.17) is 11.6 Å². The number of nitrogens with zero attached hydrogens (tertiary/aromatic N) is 1. The quantitative estimate of drug-likeness (QED) is 0.755. The average molecular weight is 399 g/mol. The fraction of sp³-hybridized carbons (Fsp3) is 0.391. The van der Waals surface area contributed by atoms with E-state index in [9.17, 15) is 9.59 Å². The van der Waals surface area contributed by atoms with Crippen LogP contribution in [0.1, 0.15) is 55.5 Å². The lowest BCUT2D eigenvalue weighted by atomic mass is 9.79. The van der Waals surface area contributed by atoms with Crippen LogP contribution in [0.5, 0.6) is 0 Å². The Kier molecular flexibility index (Phi) is 6.09. The molecule has 2 amide bonds. The van der Waals surface area contributed by atoms with Gasteiger partial charge in [0.1, 0.15) is 0 Å². The largest absolute Gasteiger partial charge is 0.339 e. The van der Waals surface area contributed by atoms with E-state index < -0.39 is 5.41 Å². The van der Waals surface area contributed by atoms with Gasteiger partial charge in [0.05, 0.1) is 16.0 Å². The molecule has 5 heteroatoms. The Hall–Kier alpha value is -2.33. The fourth-order valence-corrected chi connectivity index (χ4v) is 3.69. The van der Waals surface area contributed by atoms with Gasteiger partial charge >= 0.3 is 0 Å². The predicted octanol–water partition coefficient (Wildman–Crippen LogP) is 5.34. The summed E-state index contributed by atoms with van der Waals surface area (Å²) in [6.45, 7) is 7.35. The zero-order chi connectivity index (χ0) is 20.3. The number of carbonyl (C=O) groups is 2. The van der Waals surface area contributed by atoms with E-state index in [0.29, 0.717) is 42.4 Å². The molecule has 0 unspecified atom stereocenters. The van der Waals surface area contributed by atoms with Crippen molar-refractivity contribution in [2.24, 2.45) is 5.41 Å². The maximum atomic E-state index is 12.9. The molecule has 2 aromatic carbocycles. The van der Waals surface area contributed by atoms with Crippen LogP contribution in [-0.4, -0.2) is 29.8 Å². The number of carbonyl (C=O) groups excluding carboxylic acids is 2. The molecule has 0 spiro atoms. The van der Waals surface area contributed by atoms with Crippen LogP contribution in [0, 0.1) is 5.41 Å². The first-order valence-electron chi connectivity index (χ1n) is 9.75. The summed E-state index contributed by atoms with van der Waals surface area (Å²) in [6.07, 6.45) is 1.25. The number of halogens is 1. The highest BCUT2D eigenvalue weighted by molar-refractivity contribution is 6.33. The number of amides is 2. The van der Waals surface area contributed by atoms with Crippen LogP contribution in [0.4, 0.5) is 5.69 Å². The minimum absolute atomic E-state index is 0.00893. The fourth-order valence-electron chi connectivity index (χ4n) is 3.47. The summed E-state index contributed by atoms with van der Waals surface area (Å²) in [6, 6.07) is 15.1. The zero-order valence-corrected chi connectivity index (χ0v) is 17.4. The van der Waals surface area contributed by atoms with Crippen molar-refractivity contribution in [1.29, 1.82) is 0 Å². The van der Waals surface area contributed by atoms with E-state index >= 15 is 0 Å². The van der Waals surface area contributed by atoms with Crippen molar-refractivity contribution in [3.8, 4) is 0 Å². The molecule has 1 fully saturated rings. The SMILES string of the molecule is CC(C)c1ccc(NC(=O)C2(C)CCN(C(=O)c3ccccc3Cl)CC2)cc1. The molecule has 1 N–H and O–H groups in total. The van der Waals surface area contributed by atoms with Gasteiger partial charge in [-0.3, -0.25) is 9.59 Å². The summed E-state index contributed by atoms with van der Waals surface area (Å²) in [5, 5.41) is 3.50. The number of hydrogen-bond donors (Lipinski definition) is 1. The molecule has 1 saturated heterocycles. The lowest BCUT2D eigenvalue weighted by Crippen LogP contribution is -2.47. The minimum Gasteiger partial charge on any atom is -0.339 e. The molecular weight excluding hydrogens is 372 g/mol. The van der Waals surface area contributed by atoms with E-state index in [2.05, 4.69) is 19.2 Å². The highest BCUT2D eigenvalue weighted by Gasteiger charge is 2.38. The maximum Gasteiger partial charge on any atom is 0.255 e. The van der Waals surface area contributed by atoms with Gasteiger partial charge in [-0.2, -0.15) is 0 Å². The highest BCUT2D eigenvalue weighted by atomic mass is 35.5. The summed E-state index contributed by atoms with van der Waals surface area (Å²) in [7, 11) is 0.